The van der Waals surface area contributed by atoms with Crippen LogP contribution in [0.25, 0.3) is 0 Å². The lowest BCUT2D eigenvalue weighted by molar-refractivity contribution is 0.0499. The monoisotopic (exact) mass is 184 g/mol. The van der Waals surface area contributed by atoms with Gasteiger partial charge >= 0.3 is 0 Å². The van der Waals surface area contributed by atoms with Crippen molar-refractivity contribution in [2.75, 3.05) is 13.9 Å². The van der Waals surface area contributed by atoms with Crippen LogP contribution in [0.4, 0.5) is 4.39 Å². The highest BCUT2D eigenvalue weighted by Crippen LogP contribution is 2.24. The van der Waals surface area contributed by atoms with E-state index >= 15 is 0 Å². The molecule has 1 aromatic rings. The van der Waals surface area contributed by atoms with Crippen molar-refractivity contribution in [2.45, 2.75) is 13.8 Å². The van der Waals surface area contributed by atoms with Crippen molar-refractivity contribution in [3.8, 4) is 5.75 Å². The summed E-state index contributed by atoms with van der Waals surface area (Å²) in [5.41, 5.74) is 1.44. The SMILES string of the molecule is COCOc1c(C)ccc(F)c1C. The summed E-state index contributed by atoms with van der Waals surface area (Å²) in [6.45, 7) is 3.70. The summed E-state index contributed by atoms with van der Waals surface area (Å²) in [4.78, 5) is 0. The molecule has 0 aliphatic carbocycles. The van der Waals surface area contributed by atoms with Crippen molar-refractivity contribution in [1.29, 1.82) is 0 Å². The van der Waals surface area contributed by atoms with Crippen LogP contribution in [-0.2, 0) is 4.74 Å². The predicted octanol–water partition coefficient (Wildman–Crippen LogP) is 2.43. The minimum absolute atomic E-state index is 0.144. The molecular formula is C10H13FO2. The Hall–Kier alpha value is -1.09. The summed E-state index contributed by atoms with van der Waals surface area (Å²) in [5, 5.41) is 0. The first kappa shape index (κ1) is 9.99. The zero-order valence-electron chi connectivity index (χ0n) is 8.06. The summed E-state index contributed by atoms with van der Waals surface area (Å²) in [5.74, 6) is 0.318. The van der Waals surface area contributed by atoms with Gasteiger partial charge in [-0.15, -0.1) is 0 Å². The average molecular weight is 184 g/mol. The molecule has 0 N–H and O–H groups in total. The van der Waals surface area contributed by atoms with Crippen molar-refractivity contribution in [3.63, 3.8) is 0 Å². The van der Waals surface area contributed by atoms with E-state index in [2.05, 4.69) is 0 Å². The van der Waals surface area contributed by atoms with Crippen LogP contribution >= 0.6 is 0 Å². The van der Waals surface area contributed by atoms with E-state index in [1.807, 2.05) is 6.92 Å². The highest BCUT2D eigenvalue weighted by Gasteiger charge is 2.07. The molecule has 0 aliphatic heterocycles. The molecule has 0 heterocycles. The highest BCUT2D eigenvalue weighted by atomic mass is 19.1. The zero-order chi connectivity index (χ0) is 9.84. The fourth-order valence-corrected chi connectivity index (χ4v) is 1.14. The van der Waals surface area contributed by atoms with E-state index in [0.717, 1.165) is 5.56 Å². The Bertz CT molecular complexity index is 297. The van der Waals surface area contributed by atoms with E-state index in [-0.39, 0.29) is 12.6 Å². The van der Waals surface area contributed by atoms with Gasteiger partial charge in [-0.05, 0) is 25.5 Å². The van der Waals surface area contributed by atoms with Gasteiger partial charge in [0.2, 0.25) is 0 Å². The molecule has 0 fully saturated rings. The number of hydrogen-bond donors (Lipinski definition) is 0. The number of halogens is 1. The van der Waals surface area contributed by atoms with Crippen LogP contribution in [0.1, 0.15) is 11.1 Å². The zero-order valence-corrected chi connectivity index (χ0v) is 8.06. The summed E-state index contributed by atoms with van der Waals surface area (Å²) in [6.07, 6.45) is 0. The lowest BCUT2D eigenvalue weighted by atomic mass is 10.1. The van der Waals surface area contributed by atoms with Crippen molar-refractivity contribution >= 4 is 0 Å². The van der Waals surface area contributed by atoms with Gasteiger partial charge in [-0.25, -0.2) is 4.39 Å². The van der Waals surface area contributed by atoms with Crippen LogP contribution in [0.5, 0.6) is 5.75 Å². The van der Waals surface area contributed by atoms with Crippen LogP contribution in [0.2, 0.25) is 0 Å². The Morgan fingerprint density at radius 3 is 2.62 bits per heavy atom. The smallest absolute Gasteiger partial charge is 0.188 e. The molecule has 3 heteroatoms. The molecule has 0 radical (unpaired) electrons. The van der Waals surface area contributed by atoms with Gasteiger partial charge < -0.3 is 9.47 Å². The Balaban J connectivity index is 2.96. The van der Waals surface area contributed by atoms with E-state index in [0.29, 0.717) is 11.3 Å². The van der Waals surface area contributed by atoms with Gasteiger partial charge in [0.25, 0.3) is 0 Å². The first-order valence-electron chi connectivity index (χ1n) is 4.04. The van der Waals surface area contributed by atoms with Crippen molar-refractivity contribution in [1.82, 2.24) is 0 Å². The number of ether oxygens (including phenoxy) is 2. The van der Waals surface area contributed by atoms with Gasteiger partial charge in [-0.1, -0.05) is 6.07 Å². The molecule has 1 rings (SSSR count). The molecule has 13 heavy (non-hydrogen) atoms. The minimum atomic E-state index is -0.253. The molecule has 0 bridgehead atoms. The maximum absolute atomic E-state index is 13.1. The van der Waals surface area contributed by atoms with E-state index < -0.39 is 0 Å². The third-order valence-electron chi connectivity index (χ3n) is 1.86. The summed E-state index contributed by atoms with van der Waals surface area (Å²) >= 11 is 0. The predicted molar refractivity (Wildman–Crippen MR) is 48.4 cm³/mol. The lowest BCUT2D eigenvalue weighted by Crippen LogP contribution is -2.03. The molecule has 0 saturated heterocycles. The topological polar surface area (TPSA) is 18.5 Å². The molecular weight excluding hydrogens is 171 g/mol. The number of aryl methyl sites for hydroxylation is 1. The lowest BCUT2D eigenvalue weighted by Gasteiger charge is -2.11. The fraction of sp³-hybridized carbons (Fsp3) is 0.400. The third-order valence-corrected chi connectivity index (χ3v) is 1.86. The second kappa shape index (κ2) is 4.23. The van der Waals surface area contributed by atoms with Gasteiger partial charge in [0.15, 0.2) is 6.79 Å². The first-order valence-corrected chi connectivity index (χ1v) is 4.04. The van der Waals surface area contributed by atoms with E-state index in [1.54, 1.807) is 13.0 Å². The molecule has 72 valence electrons. The summed E-state index contributed by atoms with van der Waals surface area (Å²) in [6, 6.07) is 3.12. The molecule has 2 nitrogen and oxygen atoms in total. The Labute approximate surface area is 77.3 Å². The maximum atomic E-state index is 13.1. The third kappa shape index (κ3) is 2.18. The molecule has 0 saturated carbocycles. The number of rotatable bonds is 3. The Morgan fingerprint density at radius 1 is 1.31 bits per heavy atom. The normalized spacial score (nSPS) is 10.2. The molecule has 0 amide bonds. The van der Waals surface area contributed by atoms with Gasteiger partial charge in [0.05, 0.1) is 0 Å². The van der Waals surface area contributed by atoms with Gasteiger partial charge in [-0.3, -0.25) is 0 Å². The molecule has 0 aromatic heterocycles. The number of benzene rings is 1. The van der Waals surface area contributed by atoms with Crippen molar-refractivity contribution in [2.24, 2.45) is 0 Å². The van der Waals surface area contributed by atoms with E-state index in [4.69, 9.17) is 9.47 Å². The minimum Gasteiger partial charge on any atom is -0.467 e. The Kier molecular flexibility index (Phi) is 3.25. The van der Waals surface area contributed by atoms with Crippen LogP contribution in [0.15, 0.2) is 12.1 Å². The van der Waals surface area contributed by atoms with Crippen LogP contribution in [0, 0.1) is 19.7 Å². The van der Waals surface area contributed by atoms with Crippen LogP contribution in [-0.4, -0.2) is 13.9 Å². The van der Waals surface area contributed by atoms with Crippen molar-refractivity contribution < 1.29 is 13.9 Å². The van der Waals surface area contributed by atoms with Crippen molar-refractivity contribution in [3.05, 3.63) is 29.1 Å². The largest absolute Gasteiger partial charge is 0.467 e. The maximum Gasteiger partial charge on any atom is 0.188 e. The average Bonchev–Trinajstić information content (AvgIpc) is 2.12. The van der Waals surface area contributed by atoms with E-state index in [1.165, 1.54) is 13.2 Å². The Morgan fingerprint density at radius 2 is 2.00 bits per heavy atom. The van der Waals surface area contributed by atoms with Gasteiger partial charge in [0, 0.05) is 12.7 Å². The first-order chi connectivity index (χ1) is 6.16. The van der Waals surface area contributed by atoms with Crippen LogP contribution < -0.4 is 4.74 Å². The van der Waals surface area contributed by atoms with Gasteiger partial charge in [0.1, 0.15) is 11.6 Å². The molecule has 0 unspecified atom stereocenters. The second-order valence-electron chi connectivity index (χ2n) is 2.87. The molecule has 0 atom stereocenters. The number of methoxy groups -OCH3 is 1. The standard InChI is InChI=1S/C10H13FO2/c1-7-4-5-9(11)8(2)10(7)13-6-12-3/h4-5H,6H2,1-3H3. The summed E-state index contributed by atoms with van der Waals surface area (Å²) in [7, 11) is 1.53. The highest BCUT2D eigenvalue weighted by molar-refractivity contribution is 5.40. The fourth-order valence-electron chi connectivity index (χ4n) is 1.14. The van der Waals surface area contributed by atoms with Gasteiger partial charge in [-0.2, -0.15) is 0 Å². The molecule has 0 spiro atoms. The van der Waals surface area contributed by atoms with Crippen LogP contribution in [0.3, 0.4) is 0 Å². The molecule has 1 aromatic carbocycles. The quantitative estimate of drug-likeness (QED) is 0.672. The van der Waals surface area contributed by atoms with E-state index in [9.17, 15) is 4.39 Å². The second-order valence-corrected chi connectivity index (χ2v) is 2.87. The molecule has 0 aliphatic rings. The number of hydrogen-bond acceptors (Lipinski definition) is 2. The summed E-state index contributed by atoms with van der Waals surface area (Å²) < 4.78 is 23.1.